The maximum atomic E-state index is 11.4. The molecule has 8 nitrogen and oxygen atoms in total. The van der Waals surface area contributed by atoms with E-state index in [1.165, 1.54) is 11.3 Å². The molecule has 3 N–H and O–H groups in total. The molecule has 2 aromatic heterocycles. The molecule has 32 heavy (non-hydrogen) atoms. The molecule has 8 heteroatoms. The predicted molar refractivity (Wildman–Crippen MR) is 126 cm³/mol. The number of carbonyl (C=O) groups excluding carboxylic acids is 1. The Morgan fingerprint density at radius 3 is 2.81 bits per heavy atom. The number of rotatable bonds is 7. The molecule has 2 amide bonds. The third-order valence-corrected chi connectivity index (χ3v) is 6.44. The Labute approximate surface area is 187 Å². The minimum Gasteiger partial charge on any atom is -0.491 e. The Kier molecular flexibility index (Phi) is 5.85. The summed E-state index contributed by atoms with van der Waals surface area (Å²) >= 11 is 0. The predicted octanol–water partition coefficient (Wildman–Crippen LogP) is 2.90. The highest BCUT2D eigenvalue weighted by Gasteiger charge is 2.23. The van der Waals surface area contributed by atoms with Crippen molar-refractivity contribution in [1.29, 1.82) is 0 Å². The van der Waals surface area contributed by atoms with Gasteiger partial charge in [0.25, 0.3) is 0 Å². The van der Waals surface area contributed by atoms with E-state index in [0.29, 0.717) is 5.82 Å². The van der Waals surface area contributed by atoms with Gasteiger partial charge in [0.05, 0.1) is 17.8 Å². The van der Waals surface area contributed by atoms with Crippen LogP contribution < -0.4 is 20.7 Å². The summed E-state index contributed by atoms with van der Waals surface area (Å²) in [6.07, 6.45) is 5.90. The topological polar surface area (TPSA) is 88.1 Å². The third-order valence-electron chi connectivity index (χ3n) is 6.44. The molecule has 3 aromatic rings. The number of nitrogens with zero attached hydrogens (tertiary/aromatic N) is 4. The second-order valence-electron chi connectivity index (χ2n) is 8.50. The van der Waals surface area contributed by atoms with Gasteiger partial charge in [-0.3, -0.25) is 10.2 Å². The van der Waals surface area contributed by atoms with Crippen molar-refractivity contribution in [2.45, 2.75) is 25.7 Å². The molecule has 1 fully saturated rings. The van der Waals surface area contributed by atoms with Crippen LogP contribution in [0.2, 0.25) is 0 Å². The number of pyridine rings is 1. The van der Waals surface area contributed by atoms with Crippen molar-refractivity contribution < 1.29 is 9.53 Å². The molecule has 0 spiro atoms. The van der Waals surface area contributed by atoms with Crippen LogP contribution in [0.5, 0.6) is 5.75 Å². The Hall–Kier alpha value is -3.26. The fraction of sp³-hybridized carbons (Fsp3) is 0.417. The second-order valence-corrected chi connectivity index (χ2v) is 8.50. The van der Waals surface area contributed by atoms with Crippen LogP contribution >= 0.6 is 0 Å². The van der Waals surface area contributed by atoms with Crippen molar-refractivity contribution in [2.75, 3.05) is 49.5 Å². The van der Waals surface area contributed by atoms with Crippen molar-refractivity contribution in [2.24, 2.45) is 5.73 Å². The number of anilines is 2. The fourth-order valence-electron chi connectivity index (χ4n) is 4.81. The summed E-state index contributed by atoms with van der Waals surface area (Å²) < 4.78 is 7.69. The van der Waals surface area contributed by atoms with Crippen LogP contribution in [0.1, 0.15) is 24.0 Å². The molecule has 0 aliphatic carbocycles. The molecular weight excluding hydrogens is 404 g/mol. The standard InChI is InChI=1S/C24H30N6O2/c25-24(31)26-23-19(20-8-2-4-12-30(20)27-23)7-1-3-11-28-13-15-29(16-14-28)21-9-5-6-18-10-17-32-22(18)21/h2,4-6,8-9,12H,1,3,7,10-11,13-17H2,(H3,25,26,27,31). The van der Waals surface area contributed by atoms with E-state index in [2.05, 4.69) is 38.4 Å². The Bertz CT molecular complexity index is 1100. The molecule has 1 aromatic carbocycles. The minimum absolute atomic E-state index is 0.565. The highest BCUT2D eigenvalue weighted by Crippen LogP contribution is 2.36. The van der Waals surface area contributed by atoms with Gasteiger partial charge in [-0.2, -0.15) is 0 Å². The van der Waals surface area contributed by atoms with E-state index < -0.39 is 6.03 Å². The van der Waals surface area contributed by atoms with Gasteiger partial charge in [0, 0.05) is 44.4 Å². The zero-order valence-electron chi connectivity index (χ0n) is 18.3. The van der Waals surface area contributed by atoms with Gasteiger partial charge in [0.2, 0.25) is 0 Å². The molecule has 168 valence electrons. The van der Waals surface area contributed by atoms with Crippen LogP contribution in [0.4, 0.5) is 16.3 Å². The first-order valence-electron chi connectivity index (χ1n) is 11.4. The number of ether oxygens (including phenoxy) is 1. The van der Waals surface area contributed by atoms with E-state index in [1.54, 1.807) is 4.52 Å². The highest BCUT2D eigenvalue weighted by atomic mass is 16.5. The van der Waals surface area contributed by atoms with E-state index in [4.69, 9.17) is 10.5 Å². The van der Waals surface area contributed by atoms with Crippen LogP contribution in [0, 0.1) is 0 Å². The van der Waals surface area contributed by atoms with Gasteiger partial charge in [0.1, 0.15) is 5.75 Å². The van der Waals surface area contributed by atoms with Gasteiger partial charge in [0.15, 0.2) is 5.82 Å². The van der Waals surface area contributed by atoms with Crippen molar-refractivity contribution in [3.63, 3.8) is 0 Å². The van der Waals surface area contributed by atoms with E-state index in [1.807, 2.05) is 24.4 Å². The Morgan fingerprint density at radius 1 is 1.09 bits per heavy atom. The van der Waals surface area contributed by atoms with Crippen LogP contribution in [0.3, 0.4) is 0 Å². The van der Waals surface area contributed by atoms with Gasteiger partial charge in [-0.1, -0.05) is 18.2 Å². The van der Waals surface area contributed by atoms with E-state index in [9.17, 15) is 4.79 Å². The number of carbonyl (C=O) groups is 1. The van der Waals surface area contributed by atoms with Crippen molar-refractivity contribution in [3.05, 3.63) is 53.7 Å². The fourth-order valence-corrected chi connectivity index (χ4v) is 4.81. The summed E-state index contributed by atoms with van der Waals surface area (Å²) in [7, 11) is 0. The van der Waals surface area contributed by atoms with Crippen molar-refractivity contribution in [1.82, 2.24) is 14.5 Å². The molecule has 0 atom stereocenters. The van der Waals surface area contributed by atoms with Gasteiger partial charge in [-0.25, -0.2) is 9.31 Å². The molecule has 0 radical (unpaired) electrons. The number of nitrogens with one attached hydrogen (secondary N) is 1. The van der Waals surface area contributed by atoms with E-state index in [0.717, 1.165) is 81.8 Å². The molecule has 0 bridgehead atoms. The number of fused-ring (bicyclic) bond motifs is 2. The maximum Gasteiger partial charge on any atom is 0.317 e. The number of aryl methyl sites for hydroxylation is 1. The van der Waals surface area contributed by atoms with Crippen molar-refractivity contribution >= 4 is 23.1 Å². The number of hydrogen-bond acceptors (Lipinski definition) is 5. The molecular formula is C24H30N6O2. The van der Waals surface area contributed by atoms with Crippen LogP contribution in [0.25, 0.3) is 5.52 Å². The summed E-state index contributed by atoms with van der Waals surface area (Å²) in [6.45, 7) is 6.07. The molecule has 1 saturated heterocycles. The summed E-state index contributed by atoms with van der Waals surface area (Å²) in [5.41, 5.74) is 9.99. The molecule has 0 saturated carbocycles. The number of aromatic nitrogens is 2. The first-order valence-corrected chi connectivity index (χ1v) is 11.4. The van der Waals surface area contributed by atoms with Crippen LogP contribution in [-0.2, 0) is 12.8 Å². The summed E-state index contributed by atoms with van der Waals surface area (Å²) in [5.74, 6) is 1.66. The zero-order chi connectivity index (χ0) is 21.9. The third kappa shape index (κ3) is 4.23. The van der Waals surface area contributed by atoms with Crippen molar-refractivity contribution in [3.8, 4) is 5.75 Å². The van der Waals surface area contributed by atoms with Gasteiger partial charge in [-0.05, 0) is 49.6 Å². The molecule has 4 heterocycles. The molecule has 0 unspecified atom stereocenters. The SMILES string of the molecule is NC(=O)Nc1nn2ccccc2c1CCCCN1CCN(c2cccc3c2OCC3)CC1. The second kappa shape index (κ2) is 9.08. The molecule has 2 aliphatic heterocycles. The lowest BCUT2D eigenvalue weighted by Gasteiger charge is -2.36. The minimum atomic E-state index is -0.581. The number of nitrogens with two attached hydrogens (primary N) is 1. The lowest BCUT2D eigenvalue weighted by Crippen LogP contribution is -2.46. The average molecular weight is 435 g/mol. The maximum absolute atomic E-state index is 11.4. The number of piperazine rings is 1. The highest BCUT2D eigenvalue weighted by molar-refractivity contribution is 5.89. The zero-order valence-corrected chi connectivity index (χ0v) is 18.3. The average Bonchev–Trinajstić information content (AvgIpc) is 3.41. The number of unbranched alkanes of at least 4 members (excludes halogenated alkanes) is 1. The number of hydrogen-bond donors (Lipinski definition) is 2. The number of primary amides is 1. The van der Waals surface area contributed by atoms with E-state index in [-0.39, 0.29) is 0 Å². The summed E-state index contributed by atoms with van der Waals surface area (Å²) in [6, 6.07) is 11.9. The number of para-hydroxylation sites is 1. The first kappa shape index (κ1) is 20.6. The quantitative estimate of drug-likeness (QED) is 0.558. The van der Waals surface area contributed by atoms with Gasteiger partial charge in [-0.15, -0.1) is 5.10 Å². The number of amides is 2. The molecule has 2 aliphatic rings. The number of urea groups is 1. The van der Waals surface area contributed by atoms with Gasteiger partial charge >= 0.3 is 6.03 Å². The van der Waals surface area contributed by atoms with E-state index >= 15 is 0 Å². The normalized spacial score (nSPS) is 16.2. The lowest BCUT2D eigenvalue weighted by molar-refractivity contribution is 0.252. The first-order chi connectivity index (χ1) is 15.7. The largest absolute Gasteiger partial charge is 0.491 e. The lowest BCUT2D eigenvalue weighted by atomic mass is 10.1. The van der Waals surface area contributed by atoms with Crippen LogP contribution in [-0.4, -0.2) is 59.9 Å². The van der Waals surface area contributed by atoms with Crippen LogP contribution in [0.15, 0.2) is 42.6 Å². The number of benzene rings is 1. The summed E-state index contributed by atoms with van der Waals surface area (Å²) in [5, 5.41) is 7.13. The Balaban J connectivity index is 1.13. The molecule has 5 rings (SSSR count). The smallest absolute Gasteiger partial charge is 0.317 e. The van der Waals surface area contributed by atoms with Gasteiger partial charge < -0.3 is 15.4 Å². The monoisotopic (exact) mass is 434 g/mol. The Morgan fingerprint density at radius 2 is 1.97 bits per heavy atom. The summed E-state index contributed by atoms with van der Waals surface area (Å²) in [4.78, 5) is 16.4.